The lowest BCUT2D eigenvalue weighted by molar-refractivity contribution is -0.152. The molecule has 2 atom stereocenters. The first kappa shape index (κ1) is 13.2. The van der Waals surface area contributed by atoms with Gasteiger partial charge in [-0.1, -0.05) is 38.7 Å². The molecule has 1 aliphatic rings. The van der Waals surface area contributed by atoms with Crippen LogP contribution < -0.4 is 0 Å². The zero-order chi connectivity index (χ0) is 12.0. The molecule has 0 N–H and O–H groups in total. The van der Waals surface area contributed by atoms with E-state index in [-0.39, 0.29) is 12.1 Å². The highest BCUT2D eigenvalue weighted by Crippen LogP contribution is 2.24. The van der Waals surface area contributed by atoms with Gasteiger partial charge in [0.1, 0.15) is 0 Å². The number of carbonyl (C=O) groups excluding carboxylic acids is 1. The standard InChI is InChI=1S/C13H22O3/c1-4-5-6-7-8-11-9-10(2)12(16-11)13(14)15-3/h9,11-12H,4-8H2,1-3H3. The molecule has 0 fully saturated rings. The number of rotatable bonds is 6. The van der Waals surface area contributed by atoms with Crippen LogP contribution in [0.4, 0.5) is 0 Å². The van der Waals surface area contributed by atoms with Gasteiger partial charge >= 0.3 is 5.97 Å². The van der Waals surface area contributed by atoms with E-state index in [4.69, 9.17) is 9.47 Å². The number of methoxy groups -OCH3 is 1. The molecule has 0 saturated heterocycles. The van der Waals surface area contributed by atoms with Crippen molar-refractivity contribution in [3.8, 4) is 0 Å². The minimum Gasteiger partial charge on any atom is -0.467 e. The molecule has 0 amide bonds. The van der Waals surface area contributed by atoms with Gasteiger partial charge in [0.2, 0.25) is 0 Å². The van der Waals surface area contributed by atoms with Crippen molar-refractivity contribution < 1.29 is 14.3 Å². The van der Waals surface area contributed by atoms with Crippen molar-refractivity contribution >= 4 is 5.97 Å². The highest BCUT2D eigenvalue weighted by atomic mass is 16.6. The molecule has 92 valence electrons. The molecule has 3 heteroatoms. The molecule has 0 radical (unpaired) electrons. The summed E-state index contributed by atoms with van der Waals surface area (Å²) in [5.74, 6) is -0.287. The lowest BCUT2D eigenvalue weighted by Crippen LogP contribution is -2.25. The molecule has 0 aliphatic carbocycles. The Bertz CT molecular complexity index is 258. The number of ether oxygens (including phenoxy) is 2. The largest absolute Gasteiger partial charge is 0.467 e. The first-order chi connectivity index (χ1) is 7.69. The van der Waals surface area contributed by atoms with Gasteiger partial charge in [-0.15, -0.1) is 0 Å². The number of esters is 1. The molecule has 0 spiro atoms. The van der Waals surface area contributed by atoms with Gasteiger partial charge in [-0.05, 0) is 18.9 Å². The fourth-order valence-electron chi connectivity index (χ4n) is 1.97. The maximum Gasteiger partial charge on any atom is 0.339 e. The van der Waals surface area contributed by atoms with Crippen molar-refractivity contribution in [1.82, 2.24) is 0 Å². The lowest BCUT2D eigenvalue weighted by atomic mass is 10.1. The van der Waals surface area contributed by atoms with Crippen LogP contribution in [0.2, 0.25) is 0 Å². The second kappa shape index (κ2) is 6.69. The second-order valence-electron chi connectivity index (χ2n) is 4.34. The van der Waals surface area contributed by atoms with E-state index in [0.29, 0.717) is 0 Å². The number of hydrogen-bond donors (Lipinski definition) is 0. The molecular weight excluding hydrogens is 204 g/mol. The van der Waals surface area contributed by atoms with Crippen LogP contribution in [0.1, 0.15) is 46.0 Å². The van der Waals surface area contributed by atoms with Gasteiger partial charge in [-0.25, -0.2) is 4.79 Å². The average molecular weight is 226 g/mol. The summed E-state index contributed by atoms with van der Waals surface area (Å²) in [6, 6.07) is 0. The molecule has 0 aromatic carbocycles. The fourth-order valence-corrected chi connectivity index (χ4v) is 1.97. The summed E-state index contributed by atoms with van der Waals surface area (Å²) in [6.45, 7) is 4.12. The smallest absolute Gasteiger partial charge is 0.339 e. The SMILES string of the molecule is CCCCCCC1C=C(C)C(C(=O)OC)O1. The molecule has 1 rings (SSSR count). The van der Waals surface area contributed by atoms with Crippen LogP contribution in [-0.4, -0.2) is 25.3 Å². The number of hydrogen-bond acceptors (Lipinski definition) is 3. The minimum absolute atomic E-state index is 0.0981. The van der Waals surface area contributed by atoms with Crippen LogP contribution in [0.5, 0.6) is 0 Å². The van der Waals surface area contributed by atoms with Crippen molar-refractivity contribution in [3.05, 3.63) is 11.6 Å². The van der Waals surface area contributed by atoms with Crippen LogP contribution >= 0.6 is 0 Å². The van der Waals surface area contributed by atoms with Crippen LogP contribution in [0.15, 0.2) is 11.6 Å². The molecular formula is C13H22O3. The highest BCUT2D eigenvalue weighted by Gasteiger charge is 2.30. The summed E-state index contributed by atoms with van der Waals surface area (Å²) < 4.78 is 10.3. The molecule has 0 aromatic rings. The topological polar surface area (TPSA) is 35.5 Å². The van der Waals surface area contributed by atoms with Crippen LogP contribution in [0.3, 0.4) is 0 Å². The van der Waals surface area contributed by atoms with E-state index >= 15 is 0 Å². The summed E-state index contributed by atoms with van der Waals surface area (Å²) in [5.41, 5.74) is 0.979. The van der Waals surface area contributed by atoms with E-state index in [1.54, 1.807) is 0 Å². The number of unbranched alkanes of at least 4 members (excludes halogenated alkanes) is 3. The Hall–Kier alpha value is -0.830. The zero-order valence-corrected chi connectivity index (χ0v) is 10.5. The minimum atomic E-state index is -0.471. The van der Waals surface area contributed by atoms with Crippen molar-refractivity contribution in [3.63, 3.8) is 0 Å². The number of carbonyl (C=O) groups is 1. The molecule has 1 heterocycles. The molecule has 16 heavy (non-hydrogen) atoms. The van der Waals surface area contributed by atoms with Crippen molar-refractivity contribution in [2.45, 2.75) is 58.2 Å². The third-order valence-electron chi connectivity index (χ3n) is 2.93. The first-order valence-electron chi connectivity index (χ1n) is 6.10. The predicted octanol–water partition coefficient (Wildman–Crippen LogP) is 2.84. The Labute approximate surface area is 97.8 Å². The zero-order valence-electron chi connectivity index (χ0n) is 10.5. The Morgan fingerprint density at radius 3 is 2.81 bits per heavy atom. The van der Waals surface area contributed by atoms with Crippen molar-refractivity contribution in [2.75, 3.05) is 7.11 Å². The van der Waals surface area contributed by atoms with Gasteiger partial charge in [0.25, 0.3) is 0 Å². The Morgan fingerprint density at radius 2 is 2.19 bits per heavy atom. The fraction of sp³-hybridized carbons (Fsp3) is 0.769. The quantitative estimate of drug-likeness (QED) is 0.397. The molecule has 3 nitrogen and oxygen atoms in total. The lowest BCUT2D eigenvalue weighted by Gasteiger charge is -2.13. The maximum absolute atomic E-state index is 11.4. The molecule has 0 aromatic heterocycles. The van der Waals surface area contributed by atoms with Crippen molar-refractivity contribution in [2.24, 2.45) is 0 Å². The van der Waals surface area contributed by atoms with E-state index < -0.39 is 6.10 Å². The normalized spacial score (nSPS) is 24.3. The van der Waals surface area contributed by atoms with E-state index in [2.05, 4.69) is 6.92 Å². The molecule has 0 saturated carbocycles. The Kier molecular flexibility index (Phi) is 5.53. The predicted molar refractivity (Wildman–Crippen MR) is 63.2 cm³/mol. The molecule has 1 aliphatic heterocycles. The second-order valence-corrected chi connectivity index (χ2v) is 4.34. The first-order valence-corrected chi connectivity index (χ1v) is 6.10. The Balaban J connectivity index is 2.30. The monoisotopic (exact) mass is 226 g/mol. The van der Waals surface area contributed by atoms with Crippen molar-refractivity contribution in [1.29, 1.82) is 0 Å². The van der Waals surface area contributed by atoms with E-state index in [9.17, 15) is 4.79 Å². The summed E-state index contributed by atoms with van der Waals surface area (Å²) >= 11 is 0. The van der Waals surface area contributed by atoms with Gasteiger partial charge in [0, 0.05) is 0 Å². The third kappa shape index (κ3) is 3.63. The summed E-state index contributed by atoms with van der Waals surface area (Å²) in [7, 11) is 1.40. The van der Waals surface area contributed by atoms with E-state index in [1.165, 1.54) is 26.4 Å². The van der Waals surface area contributed by atoms with E-state index in [0.717, 1.165) is 18.4 Å². The van der Waals surface area contributed by atoms with Gasteiger partial charge in [-0.3, -0.25) is 0 Å². The van der Waals surface area contributed by atoms with Gasteiger partial charge in [-0.2, -0.15) is 0 Å². The summed E-state index contributed by atoms with van der Waals surface area (Å²) in [4.78, 5) is 11.4. The Morgan fingerprint density at radius 1 is 1.44 bits per heavy atom. The average Bonchev–Trinajstić information content (AvgIpc) is 2.65. The summed E-state index contributed by atoms with van der Waals surface area (Å²) in [5, 5.41) is 0. The van der Waals surface area contributed by atoms with Gasteiger partial charge < -0.3 is 9.47 Å². The third-order valence-corrected chi connectivity index (χ3v) is 2.93. The molecule has 2 unspecified atom stereocenters. The van der Waals surface area contributed by atoms with E-state index in [1.807, 2.05) is 13.0 Å². The summed E-state index contributed by atoms with van der Waals surface area (Å²) in [6.07, 6.45) is 7.60. The van der Waals surface area contributed by atoms with Gasteiger partial charge in [0.15, 0.2) is 6.10 Å². The van der Waals surface area contributed by atoms with Crippen LogP contribution in [-0.2, 0) is 14.3 Å². The van der Waals surface area contributed by atoms with Gasteiger partial charge in [0.05, 0.1) is 13.2 Å². The van der Waals surface area contributed by atoms with Crippen LogP contribution in [0.25, 0.3) is 0 Å². The molecule has 0 bridgehead atoms. The highest BCUT2D eigenvalue weighted by molar-refractivity contribution is 5.78. The maximum atomic E-state index is 11.4. The van der Waals surface area contributed by atoms with Crippen LogP contribution in [0, 0.1) is 0 Å².